The fourth-order valence-electron chi connectivity index (χ4n) is 2.09. The molecule has 1 unspecified atom stereocenters. The number of thiol groups is 1. The number of fused-ring (bicyclic) bond motifs is 1. The van der Waals surface area contributed by atoms with Gasteiger partial charge in [-0.05, 0) is 24.5 Å². The number of amides is 1. The molecule has 94 valence electrons. The molecular formula is C12H12N2OS3. The summed E-state index contributed by atoms with van der Waals surface area (Å²) in [5.74, 6) is 0.156. The Hall–Kier alpha value is -0.720. The van der Waals surface area contributed by atoms with Crippen molar-refractivity contribution >= 4 is 57.5 Å². The number of thiazole rings is 1. The molecule has 0 bridgehead atoms. The van der Waals surface area contributed by atoms with Crippen LogP contribution in [0, 0.1) is 0 Å². The van der Waals surface area contributed by atoms with Crippen molar-refractivity contribution in [3.05, 3.63) is 18.2 Å². The van der Waals surface area contributed by atoms with Crippen LogP contribution in [0.4, 0.5) is 5.69 Å². The van der Waals surface area contributed by atoms with Crippen LogP contribution >= 0.6 is 35.7 Å². The molecule has 1 saturated heterocycles. The number of thioether (sulfide) groups is 1. The van der Waals surface area contributed by atoms with Crippen molar-refractivity contribution in [3.8, 4) is 0 Å². The molecule has 0 N–H and O–H groups in total. The highest BCUT2D eigenvalue weighted by molar-refractivity contribution is 8.00. The summed E-state index contributed by atoms with van der Waals surface area (Å²) in [6, 6.07) is 6.01. The van der Waals surface area contributed by atoms with Gasteiger partial charge in [0.05, 0.1) is 10.2 Å². The summed E-state index contributed by atoms with van der Waals surface area (Å²) in [4.78, 5) is 18.2. The van der Waals surface area contributed by atoms with E-state index in [0.29, 0.717) is 13.0 Å². The lowest BCUT2D eigenvalue weighted by atomic mass is 10.3. The molecule has 1 aliphatic heterocycles. The maximum Gasteiger partial charge on any atom is 0.228 e. The number of hydrogen-bond acceptors (Lipinski definition) is 5. The molecular weight excluding hydrogens is 284 g/mol. The van der Waals surface area contributed by atoms with E-state index in [1.807, 2.05) is 23.3 Å². The number of rotatable bonds is 2. The van der Waals surface area contributed by atoms with E-state index in [9.17, 15) is 4.79 Å². The highest BCUT2D eigenvalue weighted by Crippen LogP contribution is 2.32. The van der Waals surface area contributed by atoms with Crippen LogP contribution in [0.5, 0.6) is 0 Å². The molecule has 0 aliphatic carbocycles. The molecule has 0 spiro atoms. The standard InChI is InChI=1S/C12H12N2OS3/c1-17-12-13-9-3-2-7(4-10(9)18-12)14-6-8(16)5-11(14)15/h2-4,8,16H,5-6H2,1H3. The number of benzene rings is 1. The van der Waals surface area contributed by atoms with Crippen molar-refractivity contribution < 1.29 is 4.79 Å². The average molecular weight is 296 g/mol. The molecule has 1 aliphatic rings. The van der Waals surface area contributed by atoms with Crippen LogP contribution in [0.25, 0.3) is 10.2 Å². The zero-order valence-corrected chi connectivity index (χ0v) is 12.3. The average Bonchev–Trinajstić information content (AvgIpc) is 2.90. The van der Waals surface area contributed by atoms with Gasteiger partial charge in [-0.25, -0.2) is 4.98 Å². The molecule has 2 aromatic rings. The van der Waals surface area contributed by atoms with Gasteiger partial charge in [-0.2, -0.15) is 12.6 Å². The first-order valence-electron chi connectivity index (χ1n) is 5.60. The number of carbonyl (C=O) groups excluding carboxylic acids is 1. The fraction of sp³-hybridized carbons (Fsp3) is 0.333. The molecule has 0 saturated carbocycles. The van der Waals surface area contributed by atoms with Gasteiger partial charge in [0.1, 0.15) is 0 Å². The van der Waals surface area contributed by atoms with Crippen LogP contribution in [0.15, 0.2) is 22.5 Å². The zero-order valence-electron chi connectivity index (χ0n) is 9.79. The van der Waals surface area contributed by atoms with Gasteiger partial charge in [0.25, 0.3) is 0 Å². The number of anilines is 1. The van der Waals surface area contributed by atoms with E-state index >= 15 is 0 Å². The normalized spacial score (nSPS) is 20.0. The molecule has 1 atom stereocenters. The monoisotopic (exact) mass is 296 g/mol. The third-order valence-corrected chi connectivity index (χ3v) is 5.29. The van der Waals surface area contributed by atoms with E-state index in [4.69, 9.17) is 0 Å². The summed E-state index contributed by atoms with van der Waals surface area (Å²) < 4.78 is 2.19. The Morgan fingerprint density at radius 1 is 1.56 bits per heavy atom. The van der Waals surface area contributed by atoms with E-state index in [1.165, 1.54) is 0 Å². The molecule has 2 heterocycles. The summed E-state index contributed by atoms with van der Waals surface area (Å²) in [7, 11) is 0. The summed E-state index contributed by atoms with van der Waals surface area (Å²) in [6.07, 6.45) is 2.55. The second-order valence-corrected chi connectivity index (χ2v) is 7.01. The van der Waals surface area contributed by atoms with Crippen molar-refractivity contribution in [2.75, 3.05) is 17.7 Å². The van der Waals surface area contributed by atoms with E-state index < -0.39 is 0 Å². The Kier molecular flexibility index (Phi) is 3.25. The van der Waals surface area contributed by atoms with Gasteiger partial charge in [0.2, 0.25) is 5.91 Å². The van der Waals surface area contributed by atoms with E-state index in [1.54, 1.807) is 23.1 Å². The van der Waals surface area contributed by atoms with Gasteiger partial charge in [-0.1, -0.05) is 11.8 Å². The quantitative estimate of drug-likeness (QED) is 0.683. The summed E-state index contributed by atoms with van der Waals surface area (Å²) in [6.45, 7) is 0.696. The molecule has 1 amide bonds. The minimum atomic E-state index is 0.149. The van der Waals surface area contributed by atoms with Gasteiger partial charge in [-0.15, -0.1) is 11.3 Å². The second kappa shape index (κ2) is 4.75. The Balaban J connectivity index is 2.00. The van der Waals surface area contributed by atoms with Gasteiger partial charge < -0.3 is 4.90 Å². The number of hydrogen-bond donors (Lipinski definition) is 1. The molecule has 6 heteroatoms. The SMILES string of the molecule is CSc1nc2ccc(N3CC(S)CC3=O)cc2s1. The van der Waals surface area contributed by atoms with E-state index in [0.717, 1.165) is 20.2 Å². The zero-order chi connectivity index (χ0) is 12.7. The lowest BCUT2D eigenvalue weighted by Crippen LogP contribution is -2.24. The van der Waals surface area contributed by atoms with Crippen molar-refractivity contribution in [1.82, 2.24) is 4.98 Å². The molecule has 1 aromatic heterocycles. The molecule has 3 rings (SSSR count). The van der Waals surface area contributed by atoms with E-state index in [2.05, 4.69) is 23.7 Å². The Labute approximate surface area is 119 Å². The third kappa shape index (κ3) is 2.13. The van der Waals surface area contributed by atoms with E-state index in [-0.39, 0.29) is 11.2 Å². The lowest BCUT2D eigenvalue weighted by molar-refractivity contribution is -0.117. The second-order valence-electron chi connectivity index (χ2n) is 4.20. The Bertz CT molecular complexity index is 610. The predicted molar refractivity (Wildman–Crippen MR) is 81.1 cm³/mol. The lowest BCUT2D eigenvalue weighted by Gasteiger charge is -2.15. The third-order valence-electron chi connectivity index (χ3n) is 2.94. The molecule has 1 aromatic carbocycles. The van der Waals surface area contributed by atoms with Crippen LogP contribution in [-0.2, 0) is 4.79 Å². The van der Waals surface area contributed by atoms with Crippen LogP contribution in [0.2, 0.25) is 0 Å². The molecule has 18 heavy (non-hydrogen) atoms. The highest BCUT2D eigenvalue weighted by atomic mass is 32.2. The summed E-state index contributed by atoms with van der Waals surface area (Å²) >= 11 is 7.69. The van der Waals surface area contributed by atoms with Gasteiger partial charge in [0.15, 0.2) is 4.34 Å². The molecule has 0 radical (unpaired) electrons. The largest absolute Gasteiger partial charge is 0.311 e. The fourth-order valence-corrected chi connectivity index (χ4v) is 3.93. The van der Waals surface area contributed by atoms with Crippen LogP contribution in [-0.4, -0.2) is 28.9 Å². The number of aromatic nitrogens is 1. The van der Waals surface area contributed by atoms with Gasteiger partial charge in [0, 0.05) is 23.9 Å². The highest BCUT2D eigenvalue weighted by Gasteiger charge is 2.28. The first-order chi connectivity index (χ1) is 8.67. The maximum atomic E-state index is 11.8. The van der Waals surface area contributed by atoms with Gasteiger partial charge in [-0.3, -0.25) is 4.79 Å². The maximum absolute atomic E-state index is 11.8. The first kappa shape index (κ1) is 12.3. The molecule has 3 nitrogen and oxygen atoms in total. The number of carbonyl (C=O) groups is 1. The van der Waals surface area contributed by atoms with Crippen LogP contribution in [0.3, 0.4) is 0 Å². The van der Waals surface area contributed by atoms with Crippen molar-refractivity contribution in [3.63, 3.8) is 0 Å². The van der Waals surface area contributed by atoms with Crippen LogP contribution in [0.1, 0.15) is 6.42 Å². The van der Waals surface area contributed by atoms with Crippen molar-refractivity contribution in [2.24, 2.45) is 0 Å². The summed E-state index contributed by atoms with van der Waals surface area (Å²) in [5, 5.41) is 0.149. The Morgan fingerprint density at radius 2 is 2.39 bits per heavy atom. The first-order valence-corrected chi connectivity index (χ1v) is 8.16. The van der Waals surface area contributed by atoms with Crippen molar-refractivity contribution in [1.29, 1.82) is 0 Å². The predicted octanol–water partition coefficient (Wildman–Crippen LogP) is 3.05. The summed E-state index contributed by atoms with van der Waals surface area (Å²) in [5.41, 5.74) is 1.96. The minimum absolute atomic E-state index is 0.149. The smallest absolute Gasteiger partial charge is 0.228 e. The van der Waals surface area contributed by atoms with Crippen LogP contribution < -0.4 is 4.90 Å². The van der Waals surface area contributed by atoms with Crippen molar-refractivity contribution in [2.45, 2.75) is 16.0 Å². The molecule has 1 fully saturated rings. The minimum Gasteiger partial charge on any atom is -0.311 e. The topological polar surface area (TPSA) is 33.2 Å². The number of nitrogens with zero attached hydrogens (tertiary/aromatic N) is 2. The Morgan fingerprint density at radius 3 is 3.06 bits per heavy atom. The van der Waals surface area contributed by atoms with Gasteiger partial charge >= 0.3 is 0 Å².